The van der Waals surface area contributed by atoms with Crippen molar-refractivity contribution in [1.82, 2.24) is 4.98 Å². The summed E-state index contributed by atoms with van der Waals surface area (Å²) in [7, 11) is 0. The van der Waals surface area contributed by atoms with E-state index in [9.17, 15) is 13.2 Å². The maximum atomic E-state index is 11.8. The molecule has 0 aliphatic heterocycles. The maximum absolute atomic E-state index is 11.8. The first-order chi connectivity index (χ1) is 7.37. The lowest BCUT2D eigenvalue weighted by Gasteiger charge is -2.09. The molecule has 0 spiro atoms. The molecule has 0 saturated carbocycles. The van der Waals surface area contributed by atoms with E-state index in [0.29, 0.717) is 6.42 Å². The molecule has 0 aliphatic rings. The number of halogens is 3. The van der Waals surface area contributed by atoms with Gasteiger partial charge in [-0.2, -0.15) is 13.2 Å². The molecule has 0 radical (unpaired) electrons. The van der Waals surface area contributed by atoms with Crippen LogP contribution < -0.4 is 10.5 Å². The van der Waals surface area contributed by atoms with Gasteiger partial charge >= 0.3 is 6.18 Å². The Morgan fingerprint density at radius 3 is 2.56 bits per heavy atom. The summed E-state index contributed by atoms with van der Waals surface area (Å²) in [4.78, 5) is 3.95. The van der Waals surface area contributed by atoms with Crippen LogP contribution in [0, 0.1) is 0 Å². The first-order valence-electron chi connectivity index (χ1n) is 4.77. The molecule has 90 valence electrons. The Morgan fingerprint density at radius 1 is 1.44 bits per heavy atom. The lowest BCUT2D eigenvalue weighted by atomic mass is 10.2. The fourth-order valence-electron chi connectivity index (χ4n) is 1.11. The summed E-state index contributed by atoms with van der Waals surface area (Å²) in [6.07, 6.45) is -2.48. The first-order valence-corrected chi connectivity index (χ1v) is 4.77. The largest absolute Gasteiger partial charge is 0.483 e. The zero-order chi connectivity index (χ0) is 12.2. The third-order valence-electron chi connectivity index (χ3n) is 1.73. The van der Waals surface area contributed by atoms with Gasteiger partial charge in [-0.25, -0.2) is 0 Å². The van der Waals surface area contributed by atoms with Gasteiger partial charge in [0.2, 0.25) is 0 Å². The summed E-state index contributed by atoms with van der Waals surface area (Å²) >= 11 is 0. The first kappa shape index (κ1) is 12.8. The lowest BCUT2D eigenvalue weighted by molar-refractivity contribution is -0.153. The normalized spacial score (nSPS) is 13.6. The van der Waals surface area contributed by atoms with E-state index in [1.54, 1.807) is 6.07 Å². The number of hydrogen-bond acceptors (Lipinski definition) is 3. The Kier molecular flexibility index (Phi) is 4.12. The van der Waals surface area contributed by atoms with Gasteiger partial charge in [-0.05, 0) is 19.1 Å². The molecular weight excluding hydrogens is 221 g/mol. The minimum Gasteiger partial charge on any atom is -0.483 e. The van der Waals surface area contributed by atoms with Gasteiger partial charge in [-0.1, -0.05) is 0 Å². The van der Waals surface area contributed by atoms with Crippen LogP contribution in [0.15, 0.2) is 18.3 Å². The second-order valence-electron chi connectivity index (χ2n) is 3.57. The van der Waals surface area contributed by atoms with E-state index in [1.165, 1.54) is 12.3 Å². The molecule has 6 heteroatoms. The number of nitrogens with two attached hydrogens (primary N) is 1. The highest BCUT2D eigenvalue weighted by Gasteiger charge is 2.28. The van der Waals surface area contributed by atoms with Crippen molar-refractivity contribution < 1.29 is 17.9 Å². The molecule has 1 heterocycles. The van der Waals surface area contributed by atoms with Crippen LogP contribution in [0.25, 0.3) is 0 Å². The van der Waals surface area contributed by atoms with E-state index in [0.717, 1.165) is 5.69 Å². The summed E-state index contributed by atoms with van der Waals surface area (Å²) in [5.41, 5.74) is 6.29. The number of rotatable bonds is 4. The SMILES string of the molecule is CC(N)Cc1ccc(OCC(F)(F)F)cn1. The highest BCUT2D eigenvalue weighted by atomic mass is 19.4. The van der Waals surface area contributed by atoms with Crippen LogP contribution in [0.5, 0.6) is 5.75 Å². The molecule has 0 fully saturated rings. The van der Waals surface area contributed by atoms with Gasteiger partial charge < -0.3 is 10.5 Å². The van der Waals surface area contributed by atoms with Crippen molar-refractivity contribution in [3.8, 4) is 5.75 Å². The molecule has 0 saturated heterocycles. The van der Waals surface area contributed by atoms with Crippen LogP contribution in [0.4, 0.5) is 13.2 Å². The Morgan fingerprint density at radius 2 is 2.12 bits per heavy atom. The van der Waals surface area contributed by atoms with Gasteiger partial charge in [0.15, 0.2) is 6.61 Å². The number of hydrogen-bond donors (Lipinski definition) is 1. The van der Waals surface area contributed by atoms with Crippen LogP contribution >= 0.6 is 0 Å². The second kappa shape index (κ2) is 5.16. The number of nitrogens with zero attached hydrogens (tertiary/aromatic N) is 1. The average Bonchev–Trinajstić information content (AvgIpc) is 2.14. The van der Waals surface area contributed by atoms with E-state index in [1.807, 2.05) is 6.92 Å². The van der Waals surface area contributed by atoms with E-state index < -0.39 is 12.8 Å². The smallest absolute Gasteiger partial charge is 0.422 e. The average molecular weight is 234 g/mol. The monoisotopic (exact) mass is 234 g/mol. The Bertz CT molecular complexity index is 322. The van der Waals surface area contributed by atoms with E-state index in [4.69, 9.17) is 5.73 Å². The van der Waals surface area contributed by atoms with Gasteiger partial charge in [0.1, 0.15) is 5.75 Å². The second-order valence-corrected chi connectivity index (χ2v) is 3.57. The molecule has 0 aromatic carbocycles. The minimum atomic E-state index is -4.33. The van der Waals surface area contributed by atoms with Crippen molar-refractivity contribution in [3.05, 3.63) is 24.0 Å². The van der Waals surface area contributed by atoms with Crippen molar-refractivity contribution in [3.63, 3.8) is 0 Å². The number of aromatic nitrogens is 1. The summed E-state index contributed by atoms with van der Waals surface area (Å²) < 4.78 is 40.0. The molecular formula is C10H13F3N2O. The third-order valence-corrected chi connectivity index (χ3v) is 1.73. The zero-order valence-corrected chi connectivity index (χ0v) is 8.79. The molecule has 16 heavy (non-hydrogen) atoms. The van der Waals surface area contributed by atoms with Crippen molar-refractivity contribution in [1.29, 1.82) is 0 Å². The fraction of sp³-hybridized carbons (Fsp3) is 0.500. The summed E-state index contributed by atoms with van der Waals surface area (Å²) in [6.45, 7) is 0.525. The molecule has 3 nitrogen and oxygen atoms in total. The van der Waals surface area contributed by atoms with Crippen LogP contribution in [0.2, 0.25) is 0 Å². The molecule has 1 rings (SSSR count). The molecule has 0 bridgehead atoms. The predicted octanol–water partition coefficient (Wildman–Crippen LogP) is 1.91. The molecule has 1 aromatic rings. The molecule has 1 atom stereocenters. The topological polar surface area (TPSA) is 48.1 Å². The number of ether oxygens (including phenoxy) is 1. The molecule has 0 amide bonds. The van der Waals surface area contributed by atoms with Crippen LogP contribution in [-0.4, -0.2) is 23.8 Å². The lowest BCUT2D eigenvalue weighted by Crippen LogP contribution is -2.20. The van der Waals surface area contributed by atoms with Crippen molar-refractivity contribution in [2.45, 2.75) is 25.6 Å². The van der Waals surface area contributed by atoms with Gasteiger partial charge in [0, 0.05) is 18.2 Å². The van der Waals surface area contributed by atoms with Crippen molar-refractivity contribution in [2.24, 2.45) is 5.73 Å². The van der Waals surface area contributed by atoms with Crippen LogP contribution in [-0.2, 0) is 6.42 Å². The van der Waals surface area contributed by atoms with Crippen molar-refractivity contribution >= 4 is 0 Å². The quantitative estimate of drug-likeness (QED) is 0.865. The van der Waals surface area contributed by atoms with Gasteiger partial charge in [0.25, 0.3) is 0 Å². The highest BCUT2D eigenvalue weighted by Crippen LogP contribution is 2.17. The van der Waals surface area contributed by atoms with Crippen LogP contribution in [0.1, 0.15) is 12.6 Å². The number of pyridine rings is 1. The maximum Gasteiger partial charge on any atom is 0.422 e. The predicted molar refractivity (Wildman–Crippen MR) is 53.1 cm³/mol. The fourth-order valence-corrected chi connectivity index (χ4v) is 1.11. The molecule has 0 aliphatic carbocycles. The summed E-state index contributed by atoms with van der Waals surface area (Å²) in [5, 5.41) is 0. The van der Waals surface area contributed by atoms with Gasteiger partial charge in [-0.3, -0.25) is 4.98 Å². The van der Waals surface area contributed by atoms with E-state index in [-0.39, 0.29) is 11.8 Å². The van der Waals surface area contributed by atoms with Crippen LogP contribution in [0.3, 0.4) is 0 Å². The van der Waals surface area contributed by atoms with Gasteiger partial charge in [0.05, 0.1) is 6.20 Å². The van der Waals surface area contributed by atoms with E-state index in [2.05, 4.69) is 9.72 Å². The molecule has 1 unspecified atom stereocenters. The summed E-state index contributed by atoms with van der Waals surface area (Å²) in [6, 6.07) is 3.03. The number of alkyl halides is 3. The highest BCUT2D eigenvalue weighted by molar-refractivity contribution is 5.20. The standard InChI is InChI=1S/C10H13F3N2O/c1-7(14)4-8-2-3-9(5-15-8)16-6-10(11,12)13/h2-3,5,7H,4,6,14H2,1H3. The minimum absolute atomic E-state index is 0.0329. The molecule has 2 N–H and O–H groups in total. The Hall–Kier alpha value is -1.30. The third kappa shape index (κ3) is 4.97. The van der Waals surface area contributed by atoms with Crippen molar-refractivity contribution in [2.75, 3.05) is 6.61 Å². The summed E-state index contributed by atoms with van der Waals surface area (Å²) in [5.74, 6) is 0.103. The van der Waals surface area contributed by atoms with Gasteiger partial charge in [-0.15, -0.1) is 0 Å². The van der Waals surface area contributed by atoms with E-state index >= 15 is 0 Å². The Balaban J connectivity index is 2.51. The zero-order valence-electron chi connectivity index (χ0n) is 8.79. The Labute approximate surface area is 91.4 Å². The molecule has 1 aromatic heterocycles.